The largest absolute Gasteiger partial charge is 0.356 e. The van der Waals surface area contributed by atoms with E-state index in [9.17, 15) is 4.79 Å². The number of benzene rings is 1. The summed E-state index contributed by atoms with van der Waals surface area (Å²) in [7, 11) is 0. The molecule has 1 fully saturated rings. The highest BCUT2D eigenvalue weighted by atomic mass is 32.2. The van der Waals surface area contributed by atoms with Gasteiger partial charge in [-0.1, -0.05) is 29.5 Å². The van der Waals surface area contributed by atoms with Crippen LogP contribution in [0, 0.1) is 6.92 Å². The topological polar surface area (TPSA) is 58.1 Å². The molecule has 2 heterocycles. The zero-order valence-electron chi connectivity index (χ0n) is 13.9. The summed E-state index contributed by atoms with van der Waals surface area (Å²) < 4.78 is 0. The van der Waals surface area contributed by atoms with Crippen LogP contribution < -0.4 is 10.2 Å². The molecule has 0 aliphatic carbocycles. The first-order valence-corrected chi connectivity index (χ1v) is 9.25. The van der Waals surface area contributed by atoms with Gasteiger partial charge in [-0.25, -0.2) is 9.97 Å². The summed E-state index contributed by atoms with van der Waals surface area (Å²) in [6.07, 6.45) is 5.31. The van der Waals surface area contributed by atoms with Gasteiger partial charge in [0.1, 0.15) is 17.2 Å². The van der Waals surface area contributed by atoms with Crippen molar-refractivity contribution in [3.05, 3.63) is 42.2 Å². The van der Waals surface area contributed by atoms with Crippen molar-refractivity contribution in [2.45, 2.75) is 31.2 Å². The van der Waals surface area contributed by atoms with Crippen molar-refractivity contribution in [1.29, 1.82) is 0 Å². The normalized spacial score (nSPS) is 14.5. The third-order valence-electron chi connectivity index (χ3n) is 3.99. The molecule has 0 spiro atoms. The number of hydrogen-bond acceptors (Lipinski definition) is 5. The zero-order valence-corrected chi connectivity index (χ0v) is 14.7. The van der Waals surface area contributed by atoms with Gasteiger partial charge in [0.25, 0.3) is 0 Å². The molecule has 1 saturated heterocycles. The fourth-order valence-corrected chi connectivity index (χ4v) is 3.34. The van der Waals surface area contributed by atoms with E-state index >= 15 is 0 Å². The minimum Gasteiger partial charge on any atom is -0.356 e. The van der Waals surface area contributed by atoms with E-state index in [1.807, 2.05) is 37.3 Å². The molecule has 0 radical (unpaired) electrons. The molecular formula is C18H22N4OS. The summed E-state index contributed by atoms with van der Waals surface area (Å²) >= 11 is 1.44. The van der Waals surface area contributed by atoms with Crippen molar-refractivity contribution in [3.8, 4) is 0 Å². The summed E-state index contributed by atoms with van der Waals surface area (Å²) in [4.78, 5) is 23.0. The molecule has 0 saturated carbocycles. The number of thioether (sulfide) groups is 1. The van der Waals surface area contributed by atoms with E-state index in [0.29, 0.717) is 5.75 Å². The van der Waals surface area contributed by atoms with Gasteiger partial charge in [-0.15, -0.1) is 0 Å². The lowest BCUT2D eigenvalue weighted by Crippen LogP contribution is -2.30. The second-order valence-corrected chi connectivity index (χ2v) is 6.96. The van der Waals surface area contributed by atoms with Gasteiger partial charge in [0.05, 0.1) is 5.75 Å². The Morgan fingerprint density at radius 3 is 2.67 bits per heavy atom. The van der Waals surface area contributed by atoms with Crippen LogP contribution in [0.3, 0.4) is 0 Å². The van der Waals surface area contributed by atoms with Crippen molar-refractivity contribution in [3.63, 3.8) is 0 Å². The van der Waals surface area contributed by atoms with Gasteiger partial charge in [-0.3, -0.25) is 4.79 Å². The Labute approximate surface area is 146 Å². The third-order valence-corrected chi connectivity index (χ3v) is 4.92. The minimum absolute atomic E-state index is 0.0259. The number of nitrogens with one attached hydrogen (secondary N) is 1. The second kappa shape index (κ2) is 8.15. The molecule has 126 valence electrons. The van der Waals surface area contributed by atoms with Crippen LogP contribution in [0.25, 0.3) is 0 Å². The molecule has 0 atom stereocenters. The molecule has 1 aliphatic heterocycles. The number of hydrogen-bond donors (Lipinski definition) is 1. The Bertz CT molecular complexity index is 684. The Morgan fingerprint density at radius 2 is 1.92 bits per heavy atom. The van der Waals surface area contributed by atoms with Crippen molar-refractivity contribution < 1.29 is 4.79 Å². The first-order valence-electron chi connectivity index (χ1n) is 8.27. The number of aromatic nitrogens is 2. The number of amides is 1. The minimum atomic E-state index is -0.0259. The van der Waals surface area contributed by atoms with Crippen LogP contribution in [0.1, 0.15) is 24.8 Å². The smallest absolute Gasteiger partial charge is 0.234 e. The zero-order chi connectivity index (χ0) is 16.8. The Hall–Kier alpha value is -2.08. The van der Waals surface area contributed by atoms with Gasteiger partial charge >= 0.3 is 0 Å². The number of aryl methyl sites for hydroxylation is 1. The molecule has 2 aromatic rings. The van der Waals surface area contributed by atoms with Crippen LogP contribution >= 0.6 is 11.8 Å². The quantitative estimate of drug-likeness (QED) is 0.666. The van der Waals surface area contributed by atoms with Crippen LogP contribution in [0.15, 0.2) is 41.7 Å². The average molecular weight is 342 g/mol. The lowest BCUT2D eigenvalue weighted by Gasteiger charge is -2.27. The molecule has 0 unspecified atom stereocenters. The number of piperidine rings is 1. The van der Waals surface area contributed by atoms with Gasteiger partial charge < -0.3 is 10.2 Å². The molecule has 1 aliphatic rings. The van der Waals surface area contributed by atoms with Crippen LogP contribution in [0.4, 0.5) is 11.5 Å². The molecule has 1 aromatic heterocycles. The van der Waals surface area contributed by atoms with E-state index in [-0.39, 0.29) is 5.91 Å². The Kier molecular flexibility index (Phi) is 5.69. The summed E-state index contributed by atoms with van der Waals surface area (Å²) in [6.45, 7) is 4.13. The SMILES string of the molecule is Cc1ccc(NC(=O)CSc2cc(N3CCCCC3)ncn2)cc1. The van der Waals surface area contributed by atoms with Crippen LogP contribution in [0.5, 0.6) is 0 Å². The van der Waals surface area contributed by atoms with E-state index < -0.39 is 0 Å². The first-order chi connectivity index (χ1) is 11.7. The van der Waals surface area contributed by atoms with Crippen molar-refractivity contribution in [1.82, 2.24) is 9.97 Å². The predicted octanol–water partition coefficient (Wildman–Crippen LogP) is 3.51. The summed E-state index contributed by atoms with van der Waals surface area (Å²) in [5, 5.41) is 3.74. The maximum atomic E-state index is 12.1. The fraction of sp³-hybridized carbons (Fsp3) is 0.389. The average Bonchev–Trinajstić information content (AvgIpc) is 2.63. The molecule has 5 nitrogen and oxygen atoms in total. The molecule has 6 heteroatoms. The number of nitrogens with zero attached hydrogens (tertiary/aromatic N) is 3. The van der Waals surface area contributed by atoms with Gasteiger partial charge in [-0.2, -0.15) is 0 Å². The van der Waals surface area contributed by atoms with E-state index in [2.05, 4.69) is 20.2 Å². The van der Waals surface area contributed by atoms with E-state index in [1.165, 1.54) is 36.6 Å². The van der Waals surface area contributed by atoms with Gasteiger partial charge in [0, 0.05) is 24.8 Å². The molecule has 24 heavy (non-hydrogen) atoms. The maximum Gasteiger partial charge on any atom is 0.234 e. The number of anilines is 2. The van der Waals surface area contributed by atoms with Gasteiger partial charge in [-0.05, 0) is 38.3 Å². The maximum absolute atomic E-state index is 12.1. The summed E-state index contributed by atoms with van der Waals surface area (Å²) in [6, 6.07) is 9.78. The Morgan fingerprint density at radius 1 is 1.17 bits per heavy atom. The molecule has 1 amide bonds. The fourth-order valence-electron chi connectivity index (χ4n) is 2.68. The van der Waals surface area contributed by atoms with Gasteiger partial charge in [0.15, 0.2) is 0 Å². The van der Waals surface area contributed by atoms with E-state index in [1.54, 1.807) is 6.33 Å². The molecule has 0 bridgehead atoms. The lowest BCUT2D eigenvalue weighted by molar-refractivity contribution is -0.113. The highest BCUT2D eigenvalue weighted by molar-refractivity contribution is 7.99. The van der Waals surface area contributed by atoms with Crippen LogP contribution in [-0.2, 0) is 4.79 Å². The van der Waals surface area contributed by atoms with Crippen molar-refractivity contribution in [2.24, 2.45) is 0 Å². The number of rotatable bonds is 5. The highest BCUT2D eigenvalue weighted by Gasteiger charge is 2.13. The van der Waals surface area contributed by atoms with Crippen molar-refractivity contribution >= 4 is 29.2 Å². The van der Waals surface area contributed by atoms with Crippen LogP contribution in [0.2, 0.25) is 0 Å². The standard InChI is InChI=1S/C18H22N4OS/c1-14-5-7-15(8-6-14)21-17(23)12-24-18-11-16(19-13-20-18)22-9-3-2-4-10-22/h5-8,11,13H,2-4,9-10,12H2,1H3,(H,21,23). The van der Waals surface area contributed by atoms with E-state index in [4.69, 9.17) is 0 Å². The summed E-state index contributed by atoms with van der Waals surface area (Å²) in [5.41, 5.74) is 2.00. The molecule has 3 rings (SSSR count). The predicted molar refractivity (Wildman–Crippen MR) is 98.6 cm³/mol. The lowest BCUT2D eigenvalue weighted by atomic mass is 10.1. The first kappa shape index (κ1) is 16.8. The summed E-state index contributed by atoms with van der Waals surface area (Å²) in [5.74, 6) is 1.28. The molecular weight excluding hydrogens is 320 g/mol. The van der Waals surface area contributed by atoms with Gasteiger partial charge in [0.2, 0.25) is 5.91 Å². The highest BCUT2D eigenvalue weighted by Crippen LogP contribution is 2.22. The van der Waals surface area contributed by atoms with Crippen LogP contribution in [-0.4, -0.2) is 34.7 Å². The Balaban J connectivity index is 1.54. The second-order valence-electron chi connectivity index (χ2n) is 5.97. The molecule has 1 aromatic carbocycles. The third kappa shape index (κ3) is 4.71. The number of carbonyl (C=O) groups excluding carboxylic acids is 1. The molecule has 1 N–H and O–H groups in total. The van der Waals surface area contributed by atoms with E-state index in [0.717, 1.165) is 29.6 Å². The monoisotopic (exact) mass is 342 g/mol. The number of carbonyl (C=O) groups is 1. The van der Waals surface area contributed by atoms with Crippen molar-refractivity contribution in [2.75, 3.05) is 29.1 Å².